The van der Waals surface area contributed by atoms with E-state index in [0.717, 1.165) is 6.42 Å². The van der Waals surface area contributed by atoms with Gasteiger partial charge in [0.2, 0.25) is 11.8 Å². The van der Waals surface area contributed by atoms with Gasteiger partial charge in [-0.1, -0.05) is 54.6 Å². The number of carbonyl (C=O) groups excluding carboxylic acids is 2. The number of carboxylic acids is 1. The van der Waals surface area contributed by atoms with E-state index in [-0.39, 0.29) is 12.3 Å². The third-order valence-electron chi connectivity index (χ3n) is 5.97. The number of hydrogen-bond donors (Lipinski definition) is 3. The lowest BCUT2D eigenvalue weighted by Crippen LogP contribution is -2.49. The van der Waals surface area contributed by atoms with Crippen LogP contribution in [0.1, 0.15) is 32.3 Å². The molecule has 0 bridgehead atoms. The van der Waals surface area contributed by atoms with Gasteiger partial charge >= 0.3 is 5.97 Å². The van der Waals surface area contributed by atoms with E-state index in [4.69, 9.17) is 5.11 Å². The molecule has 6 nitrogen and oxygen atoms in total. The van der Waals surface area contributed by atoms with E-state index in [1.165, 1.54) is 44.8 Å². The highest BCUT2D eigenvalue weighted by Gasteiger charge is 2.20. The van der Waals surface area contributed by atoms with Crippen molar-refractivity contribution in [1.82, 2.24) is 10.6 Å². The second-order valence-corrected chi connectivity index (χ2v) is 8.29. The van der Waals surface area contributed by atoms with Gasteiger partial charge in [-0.2, -0.15) is 0 Å². The zero-order valence-electron chi connectivity index (χ0n) is 18.1. The fourth-order valence-electron chi connectivity index (χ4n) is 4.23. The second-order valence-electron chi connectivity index (χ2n) is 8.29. The van der Waals surface area contributed by atoms with E-state index in [1.807, 2.05) is 0 Å². The minimum absolute atomic E-state index is 0.228. The average molecular weight is 431 g/mol. The van der Waals surface area contributed by atoms with Gasteiger partial charge in [0, 0.05) is 6.42 Å². The summed E-state index contributed by atoms with van der Waals surface area (Å²) in [5.41, 5.74) is 1.20. The number of aliphatic carboxylic acids is 1. The maximum absolute atomic E-state index is 12.3. The van der Waals surface area contributed by atoms with Crippen molar-refractivity contribution in [3.8, 4) is 0 Å². The van der Waals surface area contributed by atoms with Crippen LogP contribution in [0.4, 0.5) is 0 Å². The summed E-state index contributed by atoms with van der Waals surface area (Å²) in [7, 11) is 0. The molecule has 4 aromatic rings. The van der Waals surface area contributed by atoms with Crippen molar-refractivity contribution in [2.24, 2.45) is 0 Å². The van der Waals surface area contributed by atoms with Crippen LogP contribution >= 0.6 is 0 Å². The molecule has 0 aliphatic heterocycles. The number of amides is 2. The molecule has 164 valence electrons. The number of hydrogen-bond acceptors (Lipinski definition) is 3. The molecular formula is C26H26N2O4. The van der Waals surface area contributed by atoms with Crippen LogP contribution in [-0.4, -0.2) is 35.0 Å². The summed E-state index contributed by atoms with van der Waals surface area (Å²) >= 11 is 0. The molecule has 0 saturated carbocycles. The first-order valence-electron chi connectivity index (χ1n) is 10.8. The van der Waals surface area contributed by atoms with Gasteiger partial charge in [-0.15, -0.1) is 0 Å². The molecule has 0 aromatic heterocycles. The number of carbonyl (C=O) groups is 3. The smallest absolute Gasteiger partial charge is 0.325 e. The van der Waals surface area contributed by atoms with Crippen molar-refractivity contribution in [1.29, 1.82) is 0 Å². The summed E-state index contributed by atoms with van der Waals surface area (Å²) < 4.78 is 0. The number of carboxylic acid groups (broad SMARTS) is 1. The van der Waals surface area contributed by atoms with Gasteiger partial charge in [0.1, 0.15) is 12.1 Å². The van der Waals surface area contributed by atoms with E-state index in [2.05, 4.69) is 65.2 Å². The SMILES string of the molecule is C[C@@H](NC(=O)[C@@H](C)NC(=O)CCCc1ccc2ccc3cccc4ccc1c2c34)C(=O)O. The maximum atomic E-state index is 12.3. The van der Waals surface area contributed by atoms with Crippen molar-refractivity contribution in [2.75, 3.05) is 0 Å². The average Bonchev–Trinajstić information content (AvgIpc) is 2.78. The standard InChI is InChI=1S/C26H26N2O4/c1-15(25(30)28-16(2)26(31)32)27-22(29)8-4-5-17-9-10-20-12-11-18-6-3-7-19-13-14-21(17)24(20)23(18)19/h3,6-7,9-16H,4-5,8H2,1-2H3,(H,27,29)(H,28,30)(H,31,32)/t15-,16-/m1/s1. The Morgan fingerprint density at radius 1 is 0.812 bits per heavy atom. The Labute approximate surface area is 185 Å². The number of aryl methyl sites for hydroxylation is 1. The topological polar surface area (TPSA) is 95.5 Å². The number of rotatable bonds is 8. The van der Waals surface area contributed by atoms with E-state index >= 15 is 0 Å². The Kier molecular flexibility index (Phi) is 5.95. The van der Waals surface area contributed by atoms with Crippen LogP contribution in [-0.2, 0) is 20.8 Å². The van der Waals surface area contributed by atoms with E-state index in [1.54, 1.807) is 6.92 Å². The molecule has 0 heterocycles. The molecule has 4 aromatic carbocycles. The van der Waals surface area contributed by atoms with Crippen molar-refractivity contribution in [3.63, 3.8) is 0 Å². The van der Waals surface area contributed by atoms with Crippen LogP contribution in [0.25, 0.3) is 32.3 Å². The molecule has 0 spiro atoms. The first-order chi connectivity index (χ1) is 15.3. The summed E-state index contributed by atoms with van der Waals surface area (Å²) in [6.07, 6.45) is 1.68. The van der Waals surface area contributed by atoms with Gasteiger partial charge in [0.15, 0.2) is 0 Å². The van der Waals surface area contributed by atoms with Crippen molar-refractivity contribution in [2.45, 2.75) is 45.2 Å². The largest absolute Gasteiger partial charge is 0.480 e. The van der Waals surface area contributed by atoms with Crippen molar-refractivity contribution >= 4 is 50.1 Å². The van der Waals surface area contributed by atoms with Crippen LogP contribution in [0.15, 0.2) is 54.6 Å². The summed E-state index contributed by atoms with van der Waals surface area (Å²) in [4.78, 5) is 35.2. The molecular weight excluding hydrogens is 404 g/mol. The molecule has 32 heavy (non-hydrogen) atoms. The summed E-state index contributed by atoms with van der Waals surface area (Å²) in [5, 5.41) is 21.3. The Balaban J connectivity index is 1.42. The van der Waals surface area contributed by atoms with Crippen molar-refractivity contribution in [3.05, 3.63) is 60.2 Å². The predicted molar refractivity (Wildman–Crippen MR) is 126 cm³/mol. The third kappa shape index (κ3) is 4.21. The lowest BCUT2D eigenvalue weighted by atomic mass is 9.90. The van der Waals surface area contributed by atoms with Gasteiger partial charge in [-0.05, 0) is 64.6 Å². The van der Waals surface area contributed by atoms with Crippen molar-refractivity contribution < 1.29 is 19.5 Å². The Morgan fingerprint density at radius 2 is 1.44 bits per heavy atom. The highest BCUT2D eigenvalue weighted by atomic mass is 16.4. The number of nitrogens with one attached hydrogen (secondary N) is 2. The Hall–Kier alpha value is -3.67. The van der Waals surface area contributed by atoms with E-state index in [9.17, 15) is 14.4 Å². The highest BCUT2D eigenvalue weighted by molar-refractivity contribution is 6.23. The molecule has 2 atom stereocenters. The molecule has 0 fully saturated rings. The predicted octanol–water partition coefficient (Wildman–Crippen LogP) is 4.00. The first-order valence-corrected chi connectivity index (χ1v) is 10.8. The molecule has 3 N–H and O–H groups in total. The fourth-order valence-corrected chi connectivity index (χ4v) is 4.23. The van der Waals surface area contributed by atoms with Crippen LogP contribution in [0.3, 0.4) is 0 Å². The number of benzene rings is 4. The second kappa shape index (κ2) is 8.83. The highest BCUT2D eigenvalue weighted by Crippen LogP contribution is 2.36. The monoisotopic (exact) mass is 430 g/mol. The van der Waals surface area contributed by atoms with Gasteiger partial charge in [0.05, 0.1) is 0 Å². The van der Waals surface area contributed by atoms with Crippen LogP contribution in [0.5, 0.6) is 0 Å². The van der Waals surface area contributed by atoms with Gasteiger partial charge < -0.3 is 15.7 Å². The summed E-state index contributed by atoms with van der Waals surface area (Å²) in [5.74, 6) is -1.86. The van der Waals surface area contributed by atoms with Gasteiger partial charge in [0.25, 0.3) is 0 Å². The fraction of sp³-hybridized carbons (Fsp3) is 0.269. The molecule has 0 aliphatic rings. The normalized spacial score (nSPS) is 13.3. The minimum atomic E-state index is -1.12. The van der Waals surface area contributed by atoms with E-state index in [0.29, 0.717) is 6.42 Å². The molecule has 0 radical (unpaired) electrons. The molecule has 0 saturated heterocycles. The van der Waals surface area contributed by atoms with Crippen LogP contribution in [0, 0.1) is 0 Å². The minimum Gasteiger partial charge on any atom is -0.480 e. The Bertz CT molecular complexity index is 1300. The Morgan fingerprint density at radius 3 is 2.12 bits per heavy atom. The quantitative estimate of drug-likeness (QED) is 0.368. The molecule has 0 aliphatic carbocycles. The maximum Gasteiger partial charge on any atom is 0.325 e. The van der Waals surface area contributed by atoms with E-state index < -0.39 is 24.0 Å². The molecule has 4 rings (SSSR count). The van der Waals surface area contributed by atoms with Gasteiger partial charge in [-0.25, -0.2) is 0 Å². The lowest BCUT2D eigenvalue weighted by Gasteiger charge is -2.16. The first kappa shape index (κ1) is 21.6. The van der Waals surface area contributed by atoms with Crippen LogP contribution < -0.4 is 10.6 Å². The molecule has 2 amide bonds. The molecule has 0 unspecified atom stereocenters. The zero-order valence-corrected chi connectivity index (χ0v) is 18.1. The van der Waals surface area contributed by atoms with Gasteiger partial charge in [-0.3, -0.25) is 14.4 Å². The summed E-state index contributed by atoms with van der Waals surface area (Å²) in [6.45, 7) is 2.92. The summed E-state index contributed by atoms with van der Waals surface area (Å²) in [6, 6.07) is 17.4. The zero-order chi connectivity index (χ0) is 22.8. The molecule has 6 heteroatoms. The lowest BCUT2D eigenvalue weighted by molar-refractivity contribution is -0.141. The third-order valence-corrected chi connectivity index (χ3v) is 5.97. The van der Waals surface area contributed by atoms with Crippen LogP contribution in [0.2, 0.25) is 0 Å².